The van der Waals surface area contributed by atoms with Crippen LogP contribution in [0.15, 0.2) is 54.7 Å². The summed E-state index contributed by atoms with van der Waals surface area (Å²) >= 11 is 1.17. The summed E-state index contributed by atoms with van der Waals surface area (Å²) in [7, 11) is 3.37. The van der Waals surface area contributed by atoms with Crippen molar-refractivity contribution in [2.45, 2.75) is 0 Å². The first kappa shape index (κ1) is 24.5. The van der Waals surface area contributed by atoms with Gasteiger partial charge in [0.25, 0.3) is 0 Å². The van der Waals surface area contributed by atoms with E-state index in [-0.39, 0.29) is 22.6 Å². The normalized spacial score (nSPS) is 13.2. The van der Waals surface area contributed by atoms with Gasteiger partial charge in [0.1, 0.15) is 5.84 Å². The van der Waals surface area contributed by atoms with Crippen molar-refractivity contribution in [3.8, 4) is 0 Å². The van der Waals surface area contributed by atoms with Crippen LogP contribution in [-0.2, 0) is 0 Å². The van der Waals surface area contributed by atoms with Crippen LogP contribution in [0.3, 0.4) is 0 Å². The molecule has 176 valence electrons. The molecule has 3 N–H and O–H groups in total. The van der Waals surface area contributed by atoms with Crippen LogP contribution in [0.5, 0.6) is 0 Å². The van der Waals surface area contributed by atoms with Gasteiger partial charge in [-0.05, 0) is 6.07 Å². The molecule has 10 heteroatoms. The van der Waals surface area contributed by atoms with E-state index < -0.39 is 37.5 Å². The summed E-state index contributed by atoms with van der Waals surface area (Å²) in [5.41, 5.74) is 0.685. The minimum absolute atomic E-state index is 0.129. The molecule has 2 heterocycles. The zero-order valence-electron chi connectivity index (χ0n) is 18.5. The third-order valence-corrected chi connectivity index (χ3v) is 10.3. The number of anilines is 2. The first-order chi connectivity index (χ1) is 16.2. The minimum Gasteiger partial charge on any atom is -0.206 e. The Morgan fingerprint density at radius 1 is 1.03 bits per heavy atom. The third kappa shape index (κ3) is 5.71. The van der Waals surface area contributed by atoms with Crippen LogP contribution in [0.2, 0.25) is 0 Å². The number of rotatable bonds is 6. The van der Waals surface area contributed by atoms with Gasteiger partial charge in [-0.15, -0.1) is 0 Å². The predicted molar refractivity (Wildman–Crippen MR) is 149 cm³/mol. The van der Waals surface area contributed by atoms with Crippen molar-refractivity contribution in [3.63, 3.8) is 0 Å². The maximum atomic E-state index is 14.7. The molecular weight excluding hydrogens is 663 g/mol. The molecule has 0 atom stereocenters. The monoisotopic (exact) mass is 685 g/mol. The Kier molecular flexibility index (Phi) is 7.45. The van der Waals surface area contributed by atoms with Gasteiger partial charge < -0.3 is 4.90 Å². The number of carbonyl (C=O) groups excluding carboxylic acids is 2. The number of pyridine rings is 1. The standard InChI is InChI=1S/C24H22FI2N5O2/c1-32(2)22(28)14-3-6-17(19(25)11-14)23(33)30-20-7-4-15(26)12-18(20)24(34)31-21-8-5-16(13-29-21)27-9-10-27/h3-8,11-13,28H,9-10H2,1-2H3,(H,30,33)(H,29,31,34). The van der Waals surface area contributed by atoms with Crippen molar-refractivity contribution in [3.05, 3.63) is 84.4 Å². The van der Waals surface area contributed by atoms with Gasteiger partial charge in [0.15, 0.2) is 0 Å². The van der Waals surface area contributed by atoms with Gasteiger partial charge in [0.2, 0.25) is 0 Å². The summed E-state index contributed by atoms with van der Waals surface area (Å²) in [5.74, 6) is -1.29. The van der Waals surface area contributed by atoms with Crippen molar-refractivity contribution in [2.24, 2.45) is 0 Å². The summed E-state index contributed by atoms with van der Waals surface area (Å²) in [4.78, 5) is 31.7. The molecule has 1 saturated heterocycles. The van der Waals surface area contributed by atoms with Crippen molar-refractivity contribution in [2.75, 3.05) is 33.6 Å². The molecule has 0 spiro atoms. The fraction of sp³-hybridized carbons (Fsp3) is 0.167. The molecule has 34 heavy (non-hydrogen) atoms. The molecule has 0 bridgehead atoms. The fourth-order valence-corrected chi connectivity index (χ4v) is 7.68. The fourth-order valence-electron chi connectivity index (χ4n) is 3.15. The van der Waals surface area contributed by atoms with E-state index in [9.17, 15) is 14.0 Å². The third-order valence-electron chi connectivity index (χ3n) is 5.06. The molecule has 1 fully saturated rings. The number of hydrogen-bond acceptors (Lipinski definition) is 4. The number of alkyl halides is 2. The number of hydrogen-bond donors (Lipinski definition) is 3. The smallest absolute Gasteiger partial charge is 0.206 e. The molecule has 0 radical (unpaired) electrons. The number of carbonyl (C=O) groups is 2. The second-order valence-corrected chi connectivity index (χ2v) is 15.0. The van der Waals surface area contributed by atoms with E-state index in [0.717, 1.165) is 9.64 Å². The first-order valence-electron chi connectivity index (χ1n) is 10.3. The van der Waals surface area contributed by atoms with Crippen LogP contribution in [0.4, 0.5) is 15.9 Å². The molecule has 1 aromatic heterocycles. The molecular formula is C24H22FI2N5O2. The van der Waals surface area contributed by atoms with Gasteiger partial charge in [0, 0.05) is 19.7 Å². The van der Waals surface area contributed by atoms with Crippen LogP contribution in [-0.4, -0.2) is 50.5 Å². The zero-order chi connectivity index (χ0) is 24.4. The van der Waals surface area contributed by atoms with Crippen LogP contribution < -0.4 is 10.6 Å². The molecule has 4 rings (SSSR count). The number of aromatic nitrogens is 1. The van der Waals surface area contributed by atoms with Crippen LogP contribution in [0.25, 0.3) is 0 Å². The van der Waals surface area contributed by atoms with Crippen molar-refractivity contribution in [1.82, 2.24) is 9.88 Å². The van der Waals surface area contributed by atoms with Crippen molar-refractivity contribution >= 4 is 71.6 Å². The van der Waals surface area contributed by atoms with Crippen molar-refractivity contribution in [1.29, 1.82) is 5.41 Å². The molecule has 1 aliphatic heterocycles. The molecule has 7 nitrogen and oxygen atoms in total. The van der Waals surface area contributed by atoms with E-state index in [1.807, 2.05) is 12.3 Å². The summed E-state index contributed by atoms with van der Waals surface area (Å²) in [6.07, 6.45) is 1.84. The van der Waals surface area contributed by atoms with Crippen LogP contribution >= 0.6 is 42.4 Å². The molecule has 0 aliphatic carbocycles. The molecule has 0 saturated carbocycles. The Bertz CT molecular complexity index is 1280. The summed E-state index contributed by atoms with van der Waals surface area (Å²) in [6, 6.07) is 12.8. The number of amidine groups is 1. The van der Waals surface area contributed by atoms with E-state index in [0.29, 0.717) is 11.4 Å². The molecule has 3 aromatic rings. The zero-order valence-corrected chi connectivity index (χ0v) is 22.8. The van der Waals surface area contributed by atoms with Gasteiger partial charge in [0.05, 0.1) is 0 Å². The Hall–Kier alpha value is -2.61. The Morgan fingerprint density at radius 3 is 2.38 bits per heavy atom. The number of halogens is 3. The van der Waals surface area contributed by atoms with Gasteiger partial charge in [-0.25, -0.2) is 4.39 Å². The average Bonchev–Trinajstić information content (AvgIpc) is 3.65. The second kappa shape index (κ2) is 10.3. The van der Waals surface area contributed by atoms with Gasteiger partial charge in [-0.3, -0.25) is 5.41 Å². The summed E-state index contributed by atoms with van der Waals surface area (Å²) in [5, 5.41) is 13.4. The number of nitrogens with one attached hydrogen (secondary N) is 3. The van der Waals surface area contributed by atoms with Gasteiger partial charge in [-0.1, -0.05) is 6.07 Å². The Labute approximate surface area is 217 Å². The molecule has 2 amide bonds. The van der Waals surface area contributed by atoms with Crippen molar-refractivity contribution < 1.29 is 14.0 Å². The van der Waals surface area contributed by atoms with Gasteiger partial charge in [-0.2, -0.15) is 0 Å². The van der Waals surface area contributed by atoms with E-state index in [2.05, 4.69) is 38.2 Å². The van der Waals surface area contributed by atoms with E-state index >= 15 is 0 Å². The van der Waals surface area contributed by atoms with E-state index in [1.165, 1.54) is 24.6 Å². The number of amides is 2. The summed E-state index contributed by atoms with van der Waals surface area (Å²) in [6.45, 7) is 0. The number of benzene rings is 2. The maximum absolute atomic E-state index is 14.7. The Morgan fingerprint density at radius 2 is 1.76 bits per heavy atom. The minimum atomic E-state index is -0.911. The molecule has 2 aromatic carbocycles. The van der Waals surface area contributed by atoms with Crippen LogP contribution in [0.1, 0.15) is 26.3 Å². The average molecular weight is 685 g/mol. The summed E-state index contributed by atoms with van der Waals surface area (Å²) < 4.78 is 19.4. The second-order valence-electron chi connectivity index (χ2n) is 7.73. The van der Waals surface area contributed by atoms with E-state index in [1.54, 1.807) is 43.3 Å². The molecule has 1 aliphatic rings. The Balaban J connectivity index is 1.53. The predicted octanol–water partition coefficient (Wildman–Crippen LogP) is 4.91. The quantitative estimate of drug-likeness (QED) is 0.149. The first-order valence-corrected chi connectivity index (χ1v) is 15.5. The topological polar surface area (TPSA) is 98.2 Å². The van der Waals surface area contributed by atoms with Crippen LogP contribution in [0, 0.1) is 18.4 Å². The molecule has 0 unspecified atom stereocenters. The van der Waals surface area contributed by atoms with Gasteiger partial charge >= 0.3 is 166 Å². The SMILES string of the molecule is CN(C)C(=N)c1ccc(C(=O)Nc2ccc(I)cc2C(=O)Nc2ccc(I3CC3)cn2)c(F)c1. The van der Waals surface area contributed by atoms with E-state index in [4.69, 9.17) is 5.41 Å². The number of nitrogens with zero attached hydrogens (tertiary/aromatic N) is 2.